The van der Waals surface area contributed by atoms with Gasteiger partial charge in [0.25, 0.3) is 0 Å². The third kappa shape index (κ3) is 2.27. The first kappa shape index (κ1) is 13.1. The van der Waals surface area contributed by atoms with E-state index in [1.807, 2.05) is 6.92 Å². The Hall–Kier alpha value is -1.36. The van der Waals surface area contributed by atoms with E-state index in [1.54, 1.807) is 12.4 Å². The lowest BCUT2D eigenvalue weighted by molar-refractivity contribution is -0.139. The second-order valence-electron chi connectivity index (χ2n) is 5.41. The number of nitrogens with one attached hydrogen (secondary N) is 2. The van der Waals surface area contributed by atoms with Crippen molar-refractivity contribution < 1.29 is 4.79 Å². The van der Waals surface area contributed by atoms with Crippen LogP contribution in [0, 0.1) is 11.3 Å². The maximum Gasteiger partial charge on any atom is 0.228 e. The van der Waals surface area contributed by atoms with Crippen molar-refractivity contribution in [3.05, 3.63) is 18.2 Å². The number of imidazole rings is 1. The minimum atomic E-state index is -0.348. The summed E-state index contributed by atoms with van der Waals surface area (Å²) >= 11 is 0. The molecule has 1 heterocycles. The fourth-order valence-electron chi connectivity index (χ4n) is 2.86. The summed E-state index contributed by atoms with van der Waals surface area (Å²) in [6, 6.07) is -0.0492. The van der Waals surface area contributed by atoms with Crippen LogP contribution in [0.2, 0.25) is 0 Å². The molecule has 4 N–H and O–H groups in total. The Morgan fingerprint density at radius 3 is 2.89 bits per heavy atom. The molecule has 1 atom stereocenters. The van der Waals surface area contributed by atoms with Crippen molar-refractivity contribution in [2.45, 2.75) is 39.2 Å². The van der Waals surface area contributed by atoms with Crippen molar-refractivity contribution in [3.63, 3.8) is 0 Å². The lowest BCUT2D eigenvalue weighted by Crippen LogP contribution is -2.54. The predicted octanol–water partition coefficient (Wildman–Crippen LogP) is 1.35. The molecule has 0 spiro atoms. The molecule has 100 valence electrons. The Labute approximate surface area is 108 Å². The number of nitrogens with two attached hydrogens (primary N) is 1. The lowest BCUT2D eigenvalue weighted by Gasteiger charge is -2.44. The van der Waals surface area contributed by atoms with Gasteiger partial charge in [-0.3, -0.25) is 4.79 Å². The zero-order valence-corrected chi connectivity index (χ0v) is 11.1. The van der Waals surface area contributed by atoms with E-state index >= 15 is 0 Å². The van der Waals surface area contributed by atoms with Crippen LogP contribution >= 0.6 is 0 Å². The number of aromatic amines is 1. The summed E-state index contributed by atoms with van der Waals surface area (Å²) in [6.45, 7) is 4.62. The molecular weight excluding hydrogens is 228 g/mol. The van der Waals surface area contributed by atoms with Crippen LogP contribution in [-0.4, -0.2) is 22.4 Å². The number of H-pyrrole nitrogens is 1. The average molecular weight is 250 g/mol. The molecule has 0 aromatic carbocycles. The summed E-state index contributed by atoms with van der Waals surface area (Å²) in [5.74, 6) is 1.49. The first-order valence-electron chi connectivity index (χ1n) is 6.61. The largest absolute Gasteiger partial charge is 0.347 e. The number of carbonyl (C=O) groups excluding carboxylic acids is 1. The number of hydrogen-bond acceptors (Lipinski definition) is 3. The van der Waals surface area contributed by atoms with Crippen LogP contribution in [-0.2, 0) is 4.79 Å². The Bertz CT molecular complexity index is 395. The van der Waals surface area contributed by atoms with Crippen LogP contribution in [0.3, 0.4) is 0 Å². The summed E-state index contributed by atoms with van der Waals surface area (Å²) in [7, 11) is 0. The second kappa shape index (κ2) is 5.10. The third-order valence-electron chi connectivity index (χ3n) is 3.91. The lowest BCUT2D eigenvalue weighted by atomic mass is 9.62. The number of amides is 1. The van der Waals surface area contributed by atoms with Crippen molar-refractivity contribution in [2.24, 2.45) is 17.1 Å². The van der Waals surface area contributed by atoms with Gasteiger partial charge >= 0.3 is 0 Å². The molecule has 5 heteroatoms. The van der Waals surface area contributed by atoms with Crippen molar-refractivity contribution >= 4 is 5.91 Å². The van der Waals surface area contributed by atoms with Gasteiger partial charge in [-0.2, -0.15) is 0 Å². The van der Waals surface area contributed by atoms with E-state index in [9.17, 15) is 4.79 Å². The number of nitrogens with zero attached hydrogens (tertiary/aromatic N) is 1. The molecule has 1 aliphatic carbocycles. The highest BCUT2D eigenvalue weighted by Crippen LogP contribution is 2.45. The molecule has 2 rings (SSSR count). The van der Waals surface area contributed by atoms with E-state index in [4.69, 9.17) is 5.73 Å². The molecule has 1 aromatic rings. The summed E-state index contributed by atoms with van der Waals surface area (Å²) in [4.78, 5) is 19.6. The van der Waals surface area contributed by atoms with Crippen molar-refractivity contribution in [3.8, 4) is 0 Å². The highest BCUT2D eigenvalue weighted by atomic mass is 16.2. The van der Waals surface area contributed by atoms with Gasteiger partial charge in [0, 0.05) is 18.9 Å². The fourth-order valence-corrected chi connectivity index (χ4v) is 2.86. The molecule has 0 aliphatic heterocycles. The Morgan fingerprint density at radius 2 is 2.44 bits per heavy atom. The first-order chi connectivity index (χ1) is 8.61. The predicted molar refractivity (Wildman–Crippen MR) is 69.6 cm³/mol. The molecule has 1 saturated carbocycles. The van der Waals surface area contributed by atoms with Gasteiger partial charge in [0.15, 0.2) is 0 Å². The van der Waals surface area contributed by atoms with Crippen LogP contribution in [0.1, 0.15) is 45.0 Å². The molecule has 1 fully saturated rings. The quantitative estimate of drug-likeness (QED) is 0.737. The summed E-state index contributed by atoms with van der Waals surface area (Å²) < 4.78 is 0. The summed E-state index contributed by atoms with van der Waals surface area (Å²) in [6.07, 6.45) is 6.08. The SMILES string of the molecule is CCC(NC(=O)C1(CN)CC(C)C1)c1ncc[nH]1. The first-order valence-corrected chi connectivity index (χ1v) is 6.61. The molecule has 1 aliphatic rings. The van der Waals surface area contributed by atoms with Crippen molar-refractivity contribution in [1.29, 1.82) is 0 Å². The monoisotopic (exact) mass is 250 g/mol. The number of aromatic nitrogens is 2. The normalized spacial score (nSPS) is 28.5. The smallest absolute Gasteiger partial charge is 0.228 e. The standard InChI is InChI=1S/C13H22N4O/c1-3-10(11-15-4-5-16-11)17-12(18)13(8-14)6-9(2)7-13/h4-5,9-10H,3,6-8,14H2,1-2H3,(H,15,16)(H,17,18). The van der Waals surface area contributed by atoms with Crippen molar-refractivity contribution in [1.82, 2.24) is 15.3 Å². The molecule has 0 radical (unpaired) electrons. The minimum Gasteiger partial charge on any atom is -0.347 e. The van der Waals surface area contributed by atoms with Crippen LogP contribution in [0.25, 0.3) is 0 Å². The third-order valence-corrected chi connectivity index (χ3v) is 3.91. The molecule has 1 unspecified atom stereocenters. The maximum atomic E-state index is 12.4. The topological polar surface area (TPSA) is 83.8 Å². The van der Waals surface area contributed by atoms with E-state index in [0.29, 0.717) is 12.5 Å². The summed E-state index contributed by atoms with van der Waals surface area (Å²) in [5, 5.41) is 3.07. The fraction of sp³-hybridized carbons (Fsp3) is 0.692. The van der Waals surface area contributed by atoms with Gasteiger partial charge in [-0.05, 0) is 25.2 Å². The van der Waals surface area contributed by atoms with Gasteiger partial charge in [-0.15, -0.1) is 0 Å². The Balaban J connectivity index is 2.02. The van der Waals surface area contributed by atoms with Gasteiger partial charge in [0.1, 0.15) is 5.82 Å². The van der Waals surface area contributed by atoms with Gasteiger partial charge in [-0.1, -0.05) is 13.8 Å². The Morgan fingerprint density at radius 1 is 1.72 bits per heavy atom. The second-order valence-corrected chi connectivity index (χ2v) is 5.41. The zero-order chi connectivity index (χ0) is 13.2. The van der Waals surface area contributed by atoms with Crippen molar-refractivity contribution in [2.75, 3.05) is 6.54 Å². The number of hydrogen-bond donors (Lipinski definition) is 3. The highest BCUT2D eigenvalue weighted by molar-refractivity contribution is 5.84. The van der Waals surface area contributed by atoms with E-state index in [1.165, 1.54) is 0 Å². The van der Waals surface area contributed by atoms with E-state index in [0.717, 1.165) is 25.1 Å². The van der Waals surface area contributed by atoms with Crippen LogP contribution in [0.5, 0.6) is 0 Å². The Kier molecular flexibility index (Phi) is 3.71. The number of rotatable bonds is 5. The van der Waals surface area contributed by atoms with E-state index in [-0.39, 0.29) is 17.4 Å². The number of carbonyl (C=O) groups is 1. The van der Waals surface area contributed by atoms with Gasteiger partial charge in [0.2, 0.25) is 5.91 Å². The van der Waals surface area contributed by atoms with Crippen LogP contribution < -0.4 is 11.1 Å². The average Bonchev–Trinajstić information content (AvgIpc) is 2.84. The van der Waals surface area contributed by atoms with Crippen LogP contribution in [0.4, 0.5) is 0 Å². The summed E-state index contributed by atoms with van der Waals surface area (Å²) in [5.41, 5.74) is 5.44. The zero-order valence-electron chi connectivity index (χ0n) is 11.1. The van der Waals surface area contributed by atoms with E-state index in [2.05, 4.69) is 22.2 Å². The van der Waals surface area contributed by atoms with Crippen LogP contribution in [0.15, 0.2) is 12.4 Å². The molecule has 18 heavy (non-hydrogen) atoms. The van der Waals surface area contributed by atoms with Gasteiger partial charge in [0.05, 0.1) is 11.5 Å². The molecular formula is C13H22N4O. The molecule has 1 amide bonds. The molecule has 5 nitrogen and oxygen atoms in total. The molecule has 0 bridgehead atoms. The molecule has 1 aromatic heterocycles. The van der Waals surface area contributed by atoms with E-state index < -0.39 is 0 Å². The van der Waals surface area contributed by atoms with Gasteiger partial charge in [-0.25, -0.2) is 4.98 Å². The maximum absolute atomic E-state index is 12.4. The molecule has 0 saturated heterocycles. The van der Waals surface area contributed by atoms with Gasteiger partial charge < -0.3 is 16.0 Å². The minimum absolute atomic E-state index is 0.0492. The highest BCUT2D eigenvalue weighted by Gasteiger charge is 2.47.